The normalized spacial score (nSPS) is 10.9. The van der Waals surface area contributed by atoms with Crippen LogP contribution in [0.25, 0.3) is 0 Å². The molecule has 0 saturated heterocycles. The molecular weight excluding hydrogens is 297 g/mol. The van der Waals surface area contributed by atoms with Crippen LogP contribution >= 0.6 is 0 Å². The van der Waals surface area contributed by atoms with Crippen molar-refractivity contribution in [3.8, 4) is 23.3 Å². The highest BCUT2D eigenvalue weighted by Gasteiger charge is 2.34. The number of rotatable bonds is 3. The van der Waals surface area contributed by atoms with Crippen LogP contribution in [-0.4, -0.2) is 7.11 Å². The second kappa shape index (κ2) is 5.85. The van der Waals surface area contributed by atoms with Crippen molar-refractivity contribution in [2.24, 2.45) is 0 Å². The lowest BCUT2D eigenvalue weighted by Crippen LogP contribution is -2.07. The van der Waals surface area contributed by atoms with Gasteiger partial charge in [0.25, 0.3) is 0 Å². The zero-order valence-electron chi connectivity index (χ0n) is 11.4. The fraction of sp³-hybridized carbons (Fsp3) is 0.133. The molecule has 0 atom stereocenters. The SMILES string of the molecule is COc1ccc(Oc2ccc(C#N)c(C(F)(F)F)c2)cc1N. The smallest absolute Gasteiger partial charge is 0.417 e. The summed E-state index contributed by atoms with van der Waals surface area (Å²) < 4.78 is 48.9. The Bertz CT molecular complexity index is 737. The molecule has 0 fully saturated rings. The van der Waals surface area contributed by atoms with E-state index in [-0.39, 0.29) is 11.5 Å². The molecule has 114 valence electrons. The molecule has 0 aliphatic carbocycles. The van der Waals surface area contributed by atoms with Crippen molar-refractivity contribution in [2.75, 3.05) is 12.8 Å². The summed E-state index contributed by atoms with van der Waals surface area (Å²) >= 11 is 0. The molecule has 2 N–H and O–H groups in total. The van der Waals surface area contributed by atoms with E-state index in [4.69, 9.17) is 20.5 Å². The highest BCUT2D eigenvalue weighted by molar-refractivity contribution is 5.57. The fourth-order valence-electron chi connectivity index (χ4n) is 1.83. The van der Waals surface area contributed by atoms with Crippen molar-refractivity contribution in [1.29, 1.82) is 5.26 Å². The first-order chi connectivity index (χ1) is 10.3. The van der Waals surface area contributed by atoms with E-state index in [2.05, 4.69) is 0 Å². The van der Waals surface area contributed by atoms with Gasteiger partial charge in [0.05, 0.1) is 30.0 Å². The number of nitrogens with zero attached hydrogens (tertiary/aromatic N) is 1. The van der Waals surface area contributed by atoms with E-state index in [1.807, 2.05) is 0 Å². The van der Waals surface area contributed by atoms with E-state index in [0.717, 1.165) is 12.1 Å². The molecule has 0 saturated carbocycles. The maximum absolute atomic E-state index is 12.9. The largest absolute Gasteiger partial charge is 0.495 e. The van der Waals surface area contributed by atoms with Crippen molar-refractivity contribution in [2.45, 2.75) is 6.18 Å². The second-order valence-corrected chi connectivity index (χ2v) is 4.32. The van der Waals surface area contributed by atoms with Gasteiger partial charge in [-0.2, -0.15) is 18.4 Å². The maximum atomic E-state index is 12.9. The molecule has 4 nitrogen and oxygen atoms in total. The molecule has 2 aromatic rings. The molecule has 0 heterocycles. The Balaban J connectivity index is 2.35. The van der Waals surface area contributed by atoms with E-state index in [1.54, 1.807) is 6.07 Å². The Morgan fingerprint density at radius 1 is 1.09 bits per heavy atom. The first-order valence-electron chi connectivity index (χ1n) is 6.08. The van der Waals surface area contributed by atoms with E-state index in [0.29, 0.717) is 11.4 Å². The molecule has 0 amide bonds. The van der Waals surface area contributed by atoms with E-state index in [1.165, 1.54) is 31.4 Å². The van der Waals surface area contributed by atoms with Crippen LogP contribution in [0.4, 0.5) is 18.9 Å². The van der Waals surface area contributed by atoms with Crippen LogP contribution in [-0.2, 0) is 6.18 Å². The molecule has 2 aromatic carbocycles. The highest BCUT2D eigenvalue weighted by atomic mass is 19.4. The third-order valence-electron chi connectivity index (χ3n) is 2.85. The average molecular weight is 308 g/mol. The van der Waals surface area contributed by atoms with Crippen molar-refractivity contribution in [3.05, 3.63) is 47.5 Å². The van der Waals surface area contributed by atoms with E-state index >= 15 is 0 Å². The molecule has 0 unspecified atom stereocenters. The third kappa shape index (κ3) is 3.23. The van der Waals surface area contributed by atoms with Crippen LogP contribution in [0.2, 0.25) is 0 Å². The van der Waals surface area contributed by atoms with Gasteiger partial charge in [0.2, 0.25) is 0 Å². The molecule has 0 aromatic heterocycles. The Morgan fingerprint density at radius 2 is 1.73 bits per heavy atom. The van der Waals surface area contributed by atoms with Crippen LogP contribution in [0.5, 0.6) is 17.2 Å². The Morgan fingerprint density at radius 3 is 2.27 bits per heavy atom. The van der Waals surface area contributed by atoms with Gasteiger partial charge in [0.15, 0.2) is 0 Å². The Kier molecular flexibility index (Phi) is 4.13. The first-order valence-corrected chi connectivity index (χ1v) is 6.08. The summed E-state index contributed by atoms with van der Waals surface area (Å²) in [5, 5.41) is 8.74. The molecule has 22 heavy (non-hydrogen) atoms. The minimum Gasteiger partial charge on any atom is -0.495 e. The summed E-state index contributed by atoms with van der Waals surface area (Å²) in [4.78, 5) is 0. The lowest BCUT2D eigenvalue weighted by Gasteiger charge is -2.12. The summed E-state index contributed by atoms with van der Waals surface area (Å²) in [5.74, 6) is 0.648. The predicted molar refractivity (Wildman–Crippen MR) is 73.6 cm³/mol. The number of anilines is 1. The molecule has 0 spiro atoms. The summed E-state index contributed by atoms with van der Waals surface area (Å²) in [5.41, 5.74) is 4.49. The number of nitriles is 1. The number of ether oxygens (including phenoxy) is 2. The predicted octanol–water partition coefficient (Wildman–Crippen LogP) is 3.96. The summed E-state index contributed by atoms with van der Waals surface area (Å²) in [6, 6.07) is 9.12. The monoisotopic (exact) mass is 308 g/mol. The first kappa shape index (κ1) is 15.5. The van der Waals surface area contributed by atoms with Crippen LogP contribution in [0.15, 0.2) is 36.4 Å². The van der Waals surface area contributed by atoms with Crippen LogP contribution < -0.4 is 15.2 Å². The van der Waals surface area contributed by atoms with E-state index < -0.39 is 17.3 Å². The topological polar surface area (TPSA) is 68.3 Å². The minimum absolute atomic E-state index is 0.0455. The van der Waals surface area contributed by atoms with Crippen molar-refractivity contribution < 1.29 is 22.6 Å². The number of benzene rings is 2. The molecular formula is C15H11F3N2O2. The summed E-state index contributed by atoms with van der Waals surface area (Å²) in [6.45, 7) is 0. The van der Waals surface area contributed by atoms with Crippen molar-refractivity contribution in [1.82, 2.24) is 0 Å². The van der Waals surface area contributed by atoms with Crippen molar-refractivity contribution in [3.63, 3.8) is 0 Å². The third-order valence-corrected chi connectivity index (χ3v) is 2.85. The fourth-order valence-corrected chi connectivity index (χ4v) is 1.83. The molecule has 7 heteroatoms. The van der Waals surface area contributed by atoms with Crippen molar-refractivity contribution >= 4 is 5.69 Å². The molecule has 0 bridgehead atoms. The van der Waals surface area contributed by atoms with Gasteiger partial charge in [-0.25, -0.2) is 0 Å². The number of nitrogens with two attached hydrogens (primary N) is 1. The molecule has 2 rings (SSSR count). The number of hydrogen-bond donors (Lipinski definition) is 1. The lowest BCUT2D eigenvalue weighted by molar-refractivity contribution is -0.137. The number of hydrogen-bond acceptors (Lipinski definition) is 4. The van der Waals surface area contributed by atoms with Gasteiger partial charge in [-0.05, 0) is 30.3 Å². The Hall–Kier alpha value is -2.88. The minimum atomic E-state index is -4.64. The van der Waals surface area contributed by atoms with Gasteiger partial charge < -0.3 is 15.2 Å². The standard InChI is InChI=1S/C15H11F3N2O2/c1-21-14-5-4-11(7-13(14)20)22-10-3-2-9(8-19)12(6-10)15(16,17)18/h2-7H,20H2,1H3. The lowest BCUT2D eigenvalue weighted by atomic mass is 10.1. The van der Waals surface area contributed by atoms with Gasteiger partial charge in [-0.1, -0.05) is 0 Å². The molecule has 0 aliphatic heterocycles. The second-order valence-electron chi connectivity index (χ2n) is 4.32. The highest BCUT2D eigenvalue weighted by Crippen LogP contribution is 2.36. The van der Waals surface area contributed by atoms with Gasteiger partial charge in [0.1, 0.15) is 17.2 Å². The molecule has 0 radical (unpaired) electrons. The zero-order chi connectivity index (χ0) is 16.3. The van der Waals surface area contributed by atoms with Crippen LogP contribution in [0.1, 0.15) is 11.1 Å². The Labute approximate surface area is 124 Å². The number of nitrogen functional groups attached to an aromatic ring is 1. The summed E-state index contributed by atoms with van der Waals surface area (Å²) in [6.07, 6.45) is -4.64. The van der Waals surface area contributed by atoms with Gasteiger partial charge in [-0.3, -0.25) is 0 Å². The average Bonchev–Trinajstić information content (AvgIpc) is 2.46. The number of methoxy groups -OCH3 is 1. The van der Waals surface area contributed by atoms with Gasteiger partial charge in [-0.15, -0.1) is 0 Å². The zero-order valence-corrected chi connectivity index (χ0v) is 11.4. The van der Waals surface area contributed by atoms with Crippen LogP contribution in [0, 0.1) is 11.3 Å². The van der Waals surface area contributed by atoms with Gasteiger partial charge in [0, 0.05) is 6.07 Å². The number of halogens is 3. The summed E-state index contributed by atoms with van der Waals surface area (Å²) in [7, 11) is 1.45. The molecule has 0 aliphatic rings. The maximum Gasteiger partial charge on any atom is 0.417 e. The van der Waals surface area contributed by atoms with Gasteiger partial charge >= 0.3 is 6.18 Å². The quantitative estimate of drug-likeness (QED) is 0.871. The van der Waals surface area contributed by atoms with Crippen LogP contribution in [0.3, 0.4) is 0 Å². The van der Waals surface area contributed by atoms with E-state index in [9.17, 15) is 13.2 Å². The number of alkyl halides is 3.